The highest BCUT2D eigenvalue weighted by atomic mass is 19.4. The maximum Gasteiger partial charge on any atom is 0.390 e. The highest BCUT2D eigenvalue weighted by molar-refractivity contribution is 5.03. The first kappa shape index (κ1) is 14.0. The third-order valence-corrected chi connectivity index (χ3v) is 2.21. The molecule has 0 fully saturated rings. The summed E-state index contributed by atoms with van der Waals surface area (Å²) in [6.45, 7) is 2.20. The maximum atomic E-state index is 12.1. The van der Waals surface area contributed by atoms with E-state index in [1.54, 1.807) is 17.1 Å². The summed E-state index contributed by atoms with van der Waals surface area (Å²) in [6, 6.07) is -0.629. The molecule has 1 heterocycles. The predicted molar refractivity (Wildman–Crippen MR) is 56.3 cm³/mol. The van der Waals surface area contributed by atoms with Crippen LogP contribution in [0.5, 0.6) is 0 Å². The Labute approximate surface area is 97.4 Å². The van der Waals surface area contributed by atoms with Gasteiger partial charge in [-0.15, -0.1) is 0 Å². The fourth-order valence-electron chi connectivity index (χ4n) is 1.43. The van der Waals surface area contributed by atoms with Gasteiger partial charge in [-0.1, -0.05) is 0 Å². The normalized spacial score (nSPS) is 13.9. The molecule has 0 aromatic carbocycles. The van der Waals surface area contributed by atoms with Gasteiger partial charge in [-0.25, -0.2) is 0 Å². The number of aliphatic hydroxyl groups excluding tert-OH is 1. The molecule has 0 spiro atoms. The quantitative estimate of drug-likeness (QED) is 0.801. The van der Waals surface area contributed by atoms with Gasteiger partial charge in [-0.05, 0) is 6.92 Å². The summed E-state index contributed by atoms with van der Waals surface area (Å²) in [7, 11) is 0. The van der Waals surface area contributed by atoms with Crippen LogP contribution in [0.3, 0.4) is 0 Å². The van der Waals surface area contributed by atoms with Crippen molar-refractivity contribution in [2.75, 3.05) is 6.61 Å². The third kappa shape index (κ3) is 5.69. The van der Waals surface area contributed by atoms with Crippen LogP contribution in [0.25, 0.3) is 0 Å². The Morgan fingerprint density at radius 3 is 2.82 bits per heavy atom. The molecular weight excluding hydrogens is 235 g/mol. The summed E-state index contributed by atoms with van der Waals surface area (Å²) >= 11 is 0. The van der Waals surface area contributed by atoms with Crippen molar-refractivity contribution in [2.45, 2.75) is 38.7 Å². The molecule has 4 nitrogen and oxygen atoms in total. The summed E-state index contributed by atoms with van der Waals surface area (Å²) in [6.07, 6.45) is -1.72. The SMILES string of the molecule is CC(CC(F)(F)F)NCc1cnn(CCO)c1. The number of rotatable bonds is 6. The molecule has 1 atom stereocenters. The lowest BCUT2D eigenvalue weighted by Crippen LogP contribution is -2.30. The second-order valence-electron chi connectivity index (χ2n) is 3.94. The first-order valence-corrected chi connectivity index (χ1v) is 5.33. The molecule has 1 aromatic rings. The van der Waals surface area contributed by atoms with Crippen LogP contribution in [0.1, 0.15) is 18.9 Å². The molecule has 0 saturated heterocycles. The number of nitrogens with one attached hydrogen (secondary N) is 1. The second kappa shape index (κ2) is 6.02. The molecule has 0 radical (unpaired) electrons. The van der Waals surface area contributed by atoms with Gasteiger partial charge in [-0.3, -0.25) is 4.68 Å². The van der Waals surface area contributed by atoms with Crippen LogP contribution in [-0.2, 0) is 13.1 Å². The Morgan fingerprint density at radius 2 is 2.24 bits per heavy atom. The van der Waals surface area contributed by atoms with Crippen molar-refractivity contribution in [2.24, 2.45) is 0 Å². The monoisotopic (exact) mass is 251 g/mol. The van der Waals surface area contributed by atoms with E-state index in [9.17, 15) is 13.2 Å². The van der Waals surface area contributed by atoms with Gasteiger partial charge < -0.3 is 10.4 Å². The minimum atomic E-state index is -4.15. The molecule has 98 valence electrons. The average Bonchev–Trinajstić information content (AvgIpc) is 2.61. The van der Waals surface area contributed by atoms with E-state index in [-0.39, 0.29) is 6.61 Å². The molecule has 1 unspecified atom stereocenters. The highest BCUT2D eigenvalue weighted by Crippen LogP contribution is 2.21. The molecule has 0 amide bonds. The van der Waals surface area contributed by atoms with Gasteiger partial charge in [0, 0.05) is 24.3 Å². The van der Waals surface area contributed by atoms with E-state index >= 15 is 0 Å². The lowest BCUT2D eigenvalue weighted by Gasteiger charge is -2.14. The third-order valence-electron chi connectivity index (χ3n) is 2.21. The lowest BCUT2D eigenvalue weighted by atomic mass is 10.2. The molecule has 0 aliphatic carbocycles. The van der Waals surface area contributed by atoms with Gasteiger partial charge in [0.2, 0.25) is 0 Å². The van der Waals surface area contributed by atoms with Gasteiger partial charge in [0.25, 0.3) is 0 Å². The summed E-state index contributed by atoms with van der Waals surface area (Å²) < 4.78 is 37.7. The van der Waals surface area contributed by atoms with E-state index in [1.165, 1.54) is 6.92 Å². The van der Waals surface area contributed by atoms with Crippen molar-refractivity contribution in [1.29, 1.82) is 0 Å². The molecule has 0 aliphatic rings. The van der Waals surface area contributed by atoms with Crippen LogP contribution in [0, 0.1) is 0 Å². The Morgan fingerprint density at radius 1 is 1.53 bits per heavy atom. The van der Waals surface area contributed by atoms with Crippen molar-refractivity contribution >= 4 is 0 Å². The van der Waals surface area contributed by atoms with E-state index in [4.69, 9.17) is 5.11 Å². The molecule has 1 rings (SSSR count). The van der Waals surface area contributed by atoms with E-state index in [2.05, 4.69) is 10.4 Å². The molecule has 0 saturated carbocycles. The Hall–Kier alpha value is -1.08. The number of aliphatic hydroxyl groups is 1. The predicted octanol–water partition coefficient (Wildman–Crippen LogP) is 1.31. The zero-order valence-corrected chi connectivity index (χ0v) is 9.54. The number of alkyl halides is 3. The van der Waals surface area contributed by atoms with Crippen LogP contribution >= 0.6 is 0 Å². The lowest BCUT2D eigenvalue weighted by molar-refractivity contribution is -0.139. The van der Waals surface area contributed by atoms with Crippen LogP contribution in [0.2, 0.25) is 0 Å². The Bertz CT molecular complexity index is 338. The number of hydrogen-bond donors (Lipinski definition) is 2. The number of aromatic nitrogens is 2. The van der Waals surface area contributed by atoms with E-state index in [0.29, 0.717) is 13.1 Å². The van der Waals surface area contributed by atoms with Gasteiger partial charge in [0.15, 0.2) is 0 Å². The standard InChI is InChI=1S/C10H16F3N3O/c1-8(4-10(11,12)13)14-5-9-6-15-16(7-9)2-3-17/h6-8,14,17H,2-5H2,1H3. The van der Waals surface area contributed by atoms with Crippen LogP contribution in [0.15, 0.2) is 12.4 Å². The van der Waals surface area contributed by atoms with Gasteiger partial charge in [0.1, 0.15) is 0 Å². The molecule has 7 heteroatoms. The topological polar surface area (TPSA) is 50.1 Å². The van der Waals surface area contributed by atoms with Crippen molar-refractivity contribution in [3.8, 4) is 0 Å². The van der Waals surface area contributed by atoms with Crippen LogP contribution < -0.4 is 5.32 Å². The molecular formula is C10H16F3N3O. The fraction of sp³-hybridized carbons (Fsp3) is 0.700. The van der Waals surface area contributed by atoms with Crippen molar-refractivity contribution in [3.63, 3.8) is 0 Å². The summed E-state index contributed by atoms with van der Waals surface area (Å²) in [5.74, 6) is 0. The smallest absolute Gasteiger partial charge is 0.390 e. The molecule has 0 aliphatic heterocycles. The molecule has 17 heavy (non-hydrogen) atoms. The minimum Gasteiger partial charge on any atom is -0.394 e. The van der Waals surface area contributed by atoms with E-state index in [1.807, 2.05) is 0 Å². The number of halogens is 3. The maximum absolute atomic E-state index is 12.1. The number of nitrogens with zero attached hydrogens (tertiary/aromatic N) is 2. The van der Waals surface area contributed by atoms with E-state index < -0.39 is 18.6 Å². The first-order chi connectivity index (χ1) is 7.90. The highest BCUT2D eigenvalue weighted by Gasteiger charge is 2.29. The average molecular weight is 251 g/mol. The molecule has 1 aromatic heterocycles. The fourth-order valence-corrected chi connectivity index (χ4v) is 1.43. The Balaban J connectivity index is 2.34. The minimum absolute atomic E-state index is 0.0149. The van der Waals surface area contributed by atoms with Crippen LogP contribution in [-0.4, -0.2) is 33.7 Å². The van der Waals surface area contributed by atoms with Crippen molar-refractivity contribution in [3.05, 3.63) is 18.0 Å². The van der Waals surface area contributed by atoms with Crippen molar-refractivity contribution < 1.29 is 18.3 Å². The second-order valence-corrected chi connectivity index (χ2v) is 3.94. The zero-order valence-electron chi connectivity index (χ0n) is 9.54. The first-order valence-electron chi connectivity index (χ1n) is 5.33. The van der Waals surface area contributed by atoms with Gasteiger partial charge >= 0.3 is 6.18 Å². The van der Waals surface area contributed by atoms with Gasteiger partial charge in [-0.2, -0.15) is 18.3 Å². The largest absolute Gasteiger partial charge is 0.394 e. The molecule has 2 N–H and O–H groups in total. The zero-order chi connectivity index (χ0) is 12.9. The number of hydrogen-bond acceptors (Lipinski definition) is 3. The van der Waals surface area contributed by atoms with Crippen LogP contribution in [0.4, 0.5) is 13.2 Å². The van der Waals surface area contributed by atoms with Gasteiger partial charge in [0.05, 0.1) is 25.8 Å². The summed E-state index contributed by atoms with van der Waals surface area (Å²) in [4.78, 5) is 0. The van der Waals surface area contributed by atoms with E-state index in [0.717, 1.165) is 5.56 Å². The Kier molecular flexibility index (Phi) is 4.95. The summed E-state index contributed by atoms with van der Waals surface area (Å²) in [5.41, 5.74) is 0.799. The summed E-state index contributed by atoms with van der Waals surface area (Å²) in [5, 5.41) is 15.4. The van der Waals surface area contributed by atoms with Crippen molar-refractivity contribution in [1.82, 2.24) is 15.1 Å². The molecule has 0 bridgehead atoms.